The van der Waals surface area contributed by atoms with Gasteiger partial charge in [-0.25, -0.2) is 4.39 Å². The van der Waals surface area contributed by atoms with Gasteiger partial charge in [0, 0.05) is 17.6 Å². The van der Waals surface area contributed by atoms with Crippen LogP contribution in [-0.4, -0.2) is 53.0 Å². The average molecular weight is 387 g/mol. The normalized spacial score (nSPS) is 19.0. The lowest BCUT2D eigenvalue weighted by atomic mass is 10.1. The molecule has 0 radical (unpaired) electrons. The zero-order valence-corrected chi connectivity index (χ0v) is 14.6. The van der Waals surface area contributed by atoms with Crippen LogP contribution < -0.4 is 0 Å². The number of hydrogen-bond acceptors (Lipinski definition) is 3. The quantitative estimate of drug-likeness (QED) is 0.844. The summed E-state index contributed by atoms with van der Waals surface area (Å²) in [6.45, 7) is 0.706. The molecule has 1 amide bonds. The van der Waals surface area contributed by atoms with Gasteiger partial charge in [-0.2, -0.15) is 0 Å². The highest BCUT2D eigenvalue weighted by molar-refractivity contribution is 9.10. The van der Waals surface area contributed by atoms with Gasteiger partial charge in [0.15, 0.2) is 0 Å². The minimum Gasteiger partial charge on any atom is -0.480 e. The summed E-state index contributed by atoms with van der Waals surface area (Å²) < 4.78 is 13.8. The summed E-state index contributed by atoms with van der Waals surface area (Å²) in [6, 6.07) is 4.12. The first-order valence-corrected chi connectivity index (χ1v) is 8.32. The number of halogens is 2. The Kier molecular flexibility index (Phi) is 6.12. The van der Waals surface area contributed by atoms with Crippen molar-refractivity contribution < 1.29 is 19.1 Å². The molecule has 1 atom stereocenters. The number of carboxylic acid groups (broad SMARTS) is 1. The molecule has 0 saturated carbocycles. The molecule has 1 aromatic rings. The van der Waals surface area contributed by atoms with E-state index in [1.807, 2.05) is 11.9 Å². The Morgan fingerprint density at radius 2 is 2.22 bits per heavy atom. The molecule has 7 heteroatoms. The van der Waals surface area contributed by atoms with E-state index in [0.717, 1.165) is 18.4 Å². The third kappa shape index (κ3) is 4.75. The molecule has 0 aromatic heterocycles. The Labute approximate surface area is 143 Å². The number of nitrogens with zero attached hydrogens (tertiary/aromatic N) is 2. The van der Waals surface area contributed by atoms with Crippen LogP contribution in [0.5, 0.6) is 0 Å². The van der Waals surface area contributed by atoms with Gasteiger partial charge in [-0.15, -0.1) is 0 Å². The molecule has 1 N–H and O–H groups in total. The third-order valence-electron chi connectivity index (χ3n) is 4.05. The van der Waals surface area contributed by atoms with Gasteiger partial charge in [0.05, 0.1) is 6.04 Å². The Hall–Kier alpha value is -1.47. The molecule has 1 heterocycles. The molecule has 1 aliphatic rings. The van der Waals surface area contributed by atoms with Crippen molar-refractivity contribution in [2.75, 3.05) is 20.1 Å². The van der Waals surface area contributed by atoms with Crippen LogP contribution >= 0.6 is 15.9 Å². The first kappa shape index (κ1) is 17.9. The van der Waals surface area contributed by atoms with Crippen molar-refractivity contribution in [1.82, 2.24) is 9.80 Å². The molecule has 5 nitrogen and oxygen atoms in total. The van der Waals surface area contributed by atoms with Gasteiger partial charge < -0.3 is 10.0 Å². The third-order valence-corrected chi connectivity index (χ3v) is 4.78. The molecule has 1 aromatic carbocycles. The van der Waals surface area contributed by atoms with E-state index in [1.54, 1.807) is 6.07 Å². The molecular weight excluding hydrogens is 367 g/mol. The fourth-order valence-electron chi connectivity index (χ4n) is 2.84. The Morgan fingerprint density at radius 1 is 1.48 bits per heavy atom. The number of rotatable bonds is 5. The molecule has 0 aliphatic carbocycles. The van der Waals surface area contributed by atoms with Crippen molar-refractivity contribution in [2.45, 2.75) is 31.8 Å². The van der Waals surface area contributed by atoms with Crippen LogP contribution in [-0.2, 0) is 16.1 Å². The number of aliphatic carboxylic acids is 1. The molecule has 1 saturated heterocycles. The lowest BCUT2D eigenvalue weighted by Gasteiger charge is -2.29. The molecular formula is C16H20BrFN2O3. The van der Waals surface area contributed by atoms with Gasteiger partial charge in [-0.3, -0.25) is 14.5 Å². The number of carbonyl (C=O) groups is 2. The zero-order valence-electron chi connectivity index (χ0n) is 13.0. The lowest BCUT2D eigenvalue weighted by molar-refractivity contribution is -0.146. The van der Waals surface area contributed by atoms with Gasteiger partial charge in [-0.05, 0) is 44.0 Å². The van der Waals surface area contributed by atoms with E-state index in [0.29, 0.717) is 24.0 Å². The first-order valence-electron chi connectivity index (χ1n) is 7.53. The van der Waals surface area contributed by atoms with E-state index in [4.69, 9.17) is 5.11 Å². The second-order valence-corrected chi connectivity index (χ2v) is 6.67. The molecule has 0 bridgehead atoms. The number of hydrogen-bond donors (Lipinski definition) is 1. The number of carbonyl (C=O) groups excluding carboxylic acids is 1. The summed E-state index contributed by atoms with van der Waals surface area (Å²) >= 11 is 3.34. The molecule has 23 heavy (non-hydrogen) atoms. The Morgan fingerprint density at radius 3 is 2.87 bits per heavy atom. The maximum atomic E-state index is 13.2. The van der Waals surface area contributed by atoms with Gasteiger partial charge in [-0.1, -0.05) is 22.0 Å². The van der Waals surface area contributed by atoms with Crippen LogP contribution in [0.25, 0.3) is 0 Å². The number of likely N-dealkylation sites (N-methyl/N-ethyl adjacent to an activating group) is 1. The van der Waals surface area contributed by atoms with Crippen molar-refractivity contribution in [3.8, 4) is 0 Å². The predicted molar refractivity (Wildman–Crippen MR) is 87.4 cm³/mol. The van der Waals surface area contributed by atoms with Crippen LogP contribution in [0.1, 0.15) is 24.8 Å². The highest BCUT2D eigenvalue weighted by atomic mass is 79.9. The van der Waals surface area contributed by atoms with E-state index >= 15 is 0 Å². The van der Waals surface area contributed by atoms with Gasteiger partial charge in [0.25, 0.3) is 0 Å². The largest absolute Gasteiger partial charge is 0.480 e. The van der Waals surface area contributed by atoms with Crippen LogP contribution in [0.2, 0.25) is 0 Å². The maximum Gasteiger partial charge on any atom is 0.323 e. The van der Waals surface area contributed by atoms with Crippen LogP contribution in [0.4, 0.5) is 4.39 Å². The van der Waals surface area contributed by atoms with Crippen molar-refractivity contribution >= 4 is 27.8 Å². The summed E-state index contributed by atoms with van der Waals surface area (Å²) in [5.41, 5.74) is 0.885. The van der Waals surface area contributed by atoms with Crippen LogP contribution in [0.3, 0.4) is 0 Å². The highest BCUT2D eigenvalue weighted by Gasteiger charge is 2.31. The smallest absolute Gasteiger partial charge is 0.323 e. The fourth-order valence-corrected chi connectivity index (χ4v) is 3.32. The van der Waals surface area contributed by atoms with Gasteiger partial charge >= 0.3 is 5.97 Å². The van der Waals surface area contributed by atoms with Gasteiger partial charge in [0.2, 0.25) is 5.91 Å². The summed E-state index contributed by atoms with van der Waals surface area (Å²) in [5, 5.41) is 8.95. The predicted octanol–water partition coefficient (Wildman–Crippen LogP) is 2.49. The van der Waals surface area contributed by atoms with Crippen LogP contribution in [0.15, 0.2) is 22.7 Å². The first-order chi connectivity index (χ1) is 10.9. The topological polar surface area (TPSA) is 60.9 Å². The summed E-state index contributed by atoms with van der Waals surface area (Å²) in [7, 11) is 1.84. The Bertz CT molecular complexity index is 597. The molecule has 0 spiro atoms. The van der Waals surface area contributed by atoms with E-state index in [1.165, 1.54) is 17.0 Å². The van der Waals surface area contributed by atoms with Crippen molar-refractivity contribution in [2.24, 2.45) is 0 Å². The van der Waals surface area contributed by atoms with E-state index in [9.17, 15) is 14.0 Å². The number of amides is 1. The van der Waals surface area contributed by atoms with E-state index in [-0.39, 0.29) is 24.3 Å². The van der Waals surface area contributed by atoms with Crippen molar-refractivity contribution in [3.63, 3.8) is 0 Å². The lowest BCUT2D eigenvalue weighted by Crippen LogP contribution is -2.47. The Balaban J connectivity index is 2.11. The highest BCUT2D eigenvalue weighted by Crippen LogP contribution is 2.23. The molecule has 1 unspecified atom stereocenters. The van der Waals surface area contributed by atoms with Gasteiger partial charge in [0.1, 0.15) is 12.4 Å². The van der Waals surface area contributed by atoms with Crippen LogP contribution in [0, 0.1) is 5.82 Å². The SMILES string of the molecule is CN(Cc1ccc(F)cc1Br)C1CCCCN(CC(=O)O)C1=O. The van der Waals surface area contributed by atoms with Crippen molar-refractivity contribution in [1.29, 1.82) is 0 Å². The fraction of sp³-hybridized carbons (Fsp3) is 0.500. The second kappa shape index (κ2) is 7.88. The monoisotopic (exact) mass is 386 g/mol. The standard InChI is InChI=1S/C16H20BrFN2O3/c1-19(9-11-5-6-12(18)8-13(11)17)14-4-2-3-7-20(16(14)23)10-15(21)22/h5-6,8,14H,2-4,7,9-10H2,1H3,(H,21,22). The summed E-state index contributed by atoms with van der Waals surface area (Å²) in [6.07, 6.45) is 2.38. The molecule has 2 rings (SSSR count). The second-order valence-electron chi connectivity index (χ2n) is 5.82. The minimum absolute atomic E-state index is 0.148. The summed E-state index contributed by atoms with van der Waals surface area (Å²) in [5.74, 6) is -1.46. The molecule has 1 aliphatic heterocycles. The zero-order chi connectivity index (χ0) is 17.0. The van der Waals surface area contributed by atoms with E-state index < -0.39 is 5.97 Å². The number of carboxylic acids is 1. The molecule has 126 valence electrons. The molecule has 1 fully saturated rings. The van der Waals surface area contributed by atoms with Crippen molar-refractivity contribution in [3.05, 3.63) is 34.1 Å². The average Bonchev–Trinajstić information content (AvgIpc) is 2.64. The number of likely N-dealkylation sites (tertiary alicyclic amines) is 1. The van der Waals surface area contributed by atoms with E-state index in [2.05, 4.69) is 15.9 Å². The minimum atomic E-state index is -0.997. The number of benzene rings is 1. The summed E-state index contributed by atoms with van der Waals surface area (Å²) in [4.78, 5) is 26.8. The maximum absolute atomic E-state index is 13.2.